The normalized spacial score (nSPS) is 14.8. The Kier molecular flexibility index (Phi) is 6.50. The van der Waals surface area contributed by atoms with Crippen molar-refractivity contribution in [3.05, 3.63) is 70.8 Å². The van der Waals surface area contributed by atoms with E-state index in [4.69, 9.17) is 14.5 Å². The summed E-state index contributed by atoms with van der Waals surface area (Å²) in [6.07, 6.45) is 3.09. The zero-order valence-electron chi connectivity index (χ0n) is 19.9. The summed E-state index contributed by atoms with van der Waals surface area (Å²) in [6, 6.07) is 16.1. The lowest BCUT2D eigenvalue weighted by Gasteiger charge is -2.28. The predicted octanol–water partition coefficient (Wildman–Crippen LogP) is 5.03. The van der Waals surface area contributed by atoms with Crippen molar-refractivity contribution in [2.75, 3.05) is 43.1 Å². The van der Waals surface area contributed by atoms with Crippen LogP contribution in [0.1, 0.15) is 40.4 Å². The number of benzene rings is 2. The van der Waals surface area contributed by atoms with Gasteiger partial charge in [0.1, 0.15) is 5.82 Å². The molecule has 1 amide bonds. The number of pyridine rings is 1. The molecule has 0 radical (unpaired) electrons. The number of ether oxygens (including phenoxy) is 2. The molecular weight excluding hydrogens is 426 g/mol. The first kappa shape index (κ1) is 22.4. The van der Waals surface area contributed by atoms with Crippen LogP contribution in [0.25, 0.3) is 11.1 Å². The van der Waals surface area contributed by atoms with Crippen molar-refractivity contribution in [1.82, 2.24) is 4.98 Å². The van der Waals surface area contributed by atoms with Crippen molar-refractivity contribution < 1.29 is 14.3 Å². The third-order valence-electron chi connectivity index (χ3n) is 6.52. The van der Waals surface area contributed by atoms with Crippen molar-refractivity contribution in [2.45, 2.75) is 33.1 Å². The van der Waals surface area contributed by atoms with Crippen LogP contribution >= 0.6 is 0 Å². The Morgan fingerprint density at radius 3 is 2.62 bits per heavy atom. The maximum atomic E-state index is 12.9. The van der Waals surface area contributed by atoms with E-state index in [0.29, 0.717) is 31.3 Å². The first-order valence-corrected chi connectivity index (χ1v) is 12.1. The van der Waals surface area contributed by atoms with Crippen LogP contribution in [0.15, 0.2) is 48.5 Å². The summed E-state index contributed by atoms with van der Waals surface area (Å²) in [7, 11) is 0. The molecule has 0 spiro atoms. The molecule has 3 aromatic rings. The molecule has 176 valence electrons. The highest BCUT2D eigenvalue weighted by molar-refractivity contribution is 6.04. The van der Waals surface area contributed by atoms with E-state index < -0.39 is 0 Å². The summed E-state index contributed by atoms with van der Waals surface area (Å²) in [5, 5.41) is 3.08. The summed E-state index contributed by atoms with van der Waals surface area (Å²) in [5.74, 6) is 1.43. The number of carbonyl (C=O) groups is 1. The van der Waals surface area contributed by atoms with Crippen molar-refractivity contribution in [3.8, 4) is 17.0 Å². The zero-order valence-corrected chi connectivity index (χ0v) is 19.9. The van der Waals surface area contributed by atoms with Gasteiger partial charge in [-0.2, -0.15) is 4.98 Å². The minimum Gasteiger partial charge on any atom is -0.478 e. The molecule has 0 unspecified atom stereocenters. The van der Waals surface area contributed by atoms with Gasteiger partial charge in [-0.3, -0.25) is 4.79 Å². The number of rotatable bonds is 7. The topological polar surface area (TPSA) is 63.7 Å². The molecular formula is C28H31N3O3. The maximum Gasteiger partial charge on any atom is 0.255 e. The fourth-order valence-corrected chi connectivity index (χ4v) is 4.43. The first-order chi connectivity index (χ1) is 16.6. The number of morpholine rings is 1. The van der Waals surface area contributed by atoms with Gasteiger partial charge in [-0.15, -0.1) is 0 Å². The van der Waals surface area contributed by atoms with E-state index in [0.717, 1.165) is 60.5 Å². The van der Waals surface area contributed by atoms with E-state index in [1.807, 2.05) is 36.4 Å². The Labute approximate surface area is 200 Å². The summed E-state index contributed by atoms with van der Waals surface area (Å²) in [6.45, 7) is 7.79. The molecule has 5 rings (SSSR count). The Bertz CT molecular complexity index is 1200. The summed E-state index contributed by atoms with van der Waals surface area (Å²) in [4.78, 5) is 19.9. The van der Waals surface area contributed by atoms with Crippen LogP contribution in [0.2, 0.25) is 0 Å². The number of nitrogens with zero attached hydrogens (tertiary/aromatic N) is 2. The second kappa shape index (κ2) is 9.85. The molecule has 6 nitrogen and oxygen atoms in total. The highest BCUT2D eigenvalue weighted by Gasteiger charge is 2.18. The third kappa shape index (κ3) is 4.77. The van der Waals surface area contributed by atoms with Crippen molar-refractivity contribution >= 4 is 17.4 Å². The van der Waals surface area contributed by atoms with Crippen molar-refractivity contribution in [3.63, 3.8) is 0 Å². The Morgan fingerprint density at radius 2 is 1.88 bits per heavy atom. The van der Waals surface area contributed by atoms with Gasteiger partial charge >= 0.3 is 0 Å². The minimum atomic E-state index is -0.0831. The highest BCUT2D eigenvalue weighted by atomic mass is 16.5. The number of fused-ring (bicyclic) bond motifs is 1. The predicted molar refractivity (Wildman–Crippen MR) is 135 cm³/mol. The van der Waals surface area contributed by atoms with Gasteiger partial charge in [0.15, 0.2) is 0 Å². The standard InChI is InChI=1S/C28H31N3O3/c1-3-12-34-27-17-23(16-26(30-27)31-10-13-33-14-11-31)25-18-24(9-4-19(25)2)29-28(32)22-8-6-20-5-7-21(20)15-22/h4,6,8-9,15-18H,3,5,7,10-14H2,1-2H3,(H,29,32). The summed E-state index contributed by atoms with van der Waals surface area (Å²) < 4.78 is 11.4. The van der Waals surface area contributed by atoms with E-state index in [2.05, 4.69) is 36.2 Å². The molecule has 0 atom stereocenters. The summed E-state index contributed by atoms with van der Waals surface area (Å²) >= 11 is 0. The number of anilines is 2. The van der Waals surface area contributed by atoms with E-state index in [1.54, 1.807) is 0 Å². The number of amides is 1. The van der Waals surface area contributed by atoms with Crippen LogP contribution in [0, 0.1) is 6.92 Å². The molecule has 6 heteroatoms. The van der Waals surface area contributed by atoms with Gasteiger partial charge in [0.25, 0.3) is 5.91 Å². The highest BCUT2D eigenvalue weighted by Crippen LogP contribution is 2.32. The second-order valence-electron chi connectivity index (χ2n) is 8.97. The van der Waals surface area contributed by atoms with Gasteiger partial charge in [-0.1, -0.05) is 19.1 Å². The van der Waals surface area contributed by atoms with Crippen LogP contribution in [0.3, 0.4) is 0 Å². The number of hydrogen-bond acceptors (Lipinski definition) is 5. The smallest absolute Gasteiger partial charge is 0.255 e. The maximum absolute atomic E-state index is 12.9. The van der Waals surface area contributed by atoms with Crippen LogP contribution < -0.4 is 15.0 Å². The van der Waals surface area contributed by atoms with Gasteiger partial charge in [0, 0.05) is 30.4 Å². The number of aryl methyl sites for hydroxylation is 3. The third-order valence-corrected chi connectivity index (χ3v) is 6.52. The number of hydrogen-bond donors (Lipinski definition) is 1. The average Bonchev–Trinajstić information content (AvgIpc) is 2.85. The van der Waals surface area contributed by atoms with Crippen LogP contribution in [-0.4, -0.2) is 43.8 Å². The molecule has 0 bridgehead atoms. The Hall–Kier alpha value is -3.38. The second-order valence-corrected chi connectivity index (χ2v) is 8.97. The lowest BCUT2D eigenvalue weighted by Crippen LogP contribution is -2.36. The fraction of sp³-hybridized carbons (Fsp3) is 0.357. The van der Waals surface area contributed by atoms with E-state index in [-0.39, 0.29) is 5.91 Å². The molecule has 2 aromatic carbocycles. The van der Waals surface area contributed by atoms with Crippen LogP contribution in [0.5, 0.6) is 5.88 Å². The molecule has 1 aliphatic heterocycles. The molecule has 1 aromatic heterocycles. The quantitative estimate of drug-likeness (QED) is 0.539. The minimum absolute atomic E-state index is 0.0831. The molecule has 34 heavy (non-hydrogen) atoms. The van der Waals surface area contributed by atoms with Crippen molar-refractivity contribution in [2.24, 2.45) is 0 Å². The van der Waals surface area contributed by atoms with Gasteiger partial charge in [-0.25, -0.2) is 0 Å². The number of carbonyl (C=O) groups excluding carboxylic acids is 1. The van der Waals surface area contributed by atoms with Crippen LogP contribution in [0.4, 0.5) is 11.5 Å². The molecule has 2 aliphatic rings. The molecule has 1 N–H and O–H groups in total. The van der Waals surface area contributed by atoms with E-state index in [1.165, 1.54) is 11.1 Å². The first-order valence-electron chi connectivity index (χ1n) is 12.1. The van der Waals surface area contributed by atoms with Gasteiger partial charge in [0.05, 0.1) is 19.8 Å². The lowest BCUT2D eigenvalue weighted by molar-refractivity contribution is 0.102. The Balaban J connectivity index is 1.44. The van der Waals surface area contributed by atoms with E-state index in [9.17, 15) is 4.79 Å². The molecule has 1 fully saturated rings. The molecule has 0 saturated carbocycles. The lowest BCUT2D eigenvalue weighted by atomic mass is 9.87. The molecule has 2 heterocycles. The van der Waals surface area contributed by atoms with Gasteiger partial charge in [-0.05, 0) is 84.3 Å². The molecule has 1 saturated heterocycles. The number of aromatic nitrogens is 1. The average molecular weight is 458 g/mol. The van der Waals surface area contributed by atoms with Crippen LogP contribution in [-0.2, 0) is 17.6 Å². The van der Waals surface area contributed by atoms with E-state index >= 15 is 0 Å². The van der Waals surface area contributed by atoms with Crippen molar-refractivity contribution in [1.29, 1.82) is 0 Å². The summed E-state index contributed by atoms with van der Waals surface area (Å²) in [5.41, 5.74) is 7.31. The molecule has 1 aliphatic carbocycles. The zero-order chi connectivity index (χ0) is 23.5. The SMILES string of the molecule is CCCOc1cc(-c2cc(NC(=O)c3ccc4c(c3)CC4)ccc2C)cc(N2CCOCC2)n1. The Morgan fingerprint density at radius 1 is 1.06 bits per heavy atom. The monoisotopic (exact) mass is 457 g/mol. The fourth-order valence-electron chi connectivity index (χ4n) is 4.43. The number of nitrogens with one attached hydrogen (secondary N) is 1. The van der Waals surface area contributed by atoms with Gasteiger partial charge in [0.2, 0.25) is 5.88 Å². The largest absolute Gasteiger partial charge is 0.478 e. The van der Waals surface area contributed by atoms with Gasteiger partial charge < -0.3 is 19.7 Å².